The van der Waals surface area contributed by atoms with Crippen molar-refractivity contribution in [2.24, 2.45) is 11.8 Å². The Hall–Kier alpha value is -0.760. The molecule has 0 aromatic carbocycles. The van der Waals surface area contributed by atoms with E-state index in [1.165, 1.54) is 0 Å². The third kappa shape index (κ3) is 2.76. The second-order valence-electron chi connectivity index (χ2n) is 2.61. The fourth-order valence-electron chi connectivity index (χ4n) is 0.818. The average molecular weight is 155 g/mol. The van der Waals surface area contributed by atoms with E-state index in [2.05, 4.69) is 25.3 Å². The van der Waals surface area contributed by atoms with Gasteiger partial charge >= 0.3 is 0 Å². The minimum Gasteiger partial charge on any atom is -0.412 e. The molecule has 2 heteroatoms. The average Bonchev–Trinajstić information content (AvgIpc) is 2.05. The summed E-state index contributed by atoms with van der Waals surface area (Å²) in [5, 5.41) is 0. The molecule has 0 aliphatic carbocycles. The van der Waals surface area contributed by atoms with Gasteiger partial charge in [0.05, 0.1) is 0 Å². The Kier molecular flexibility index (Phi) is 4.62. The van der Waals surface area contributed by atoms with Crippen molar-refractivity contribution in [3.05, 3.63) is 24.0 Å². The molecule has 0 aliphatic rings. The minimum atomic E-state index is 0.435. The number of hydrogen-bond donors (Lipinski definition) is 1. The van der Waals surface area contributed by atoms with E-state index in [1.54, 1.807) is 0 Å². The summed E-state index contributed by atoms with van der Waals surface area (Å²) in [5.41, 5.74) is 0.970. The number of nitrogens with two attached hydrogens (primary N) is 1. The molecule has 64 valence electrons. The summed E-state index contributed by atoms with van der Waals surface area (Å²) in [4.78, 5) is 4.65. The molecule has 0 radical (unpaired) electrons. The molecule has 0 saturated heterocycles. The van der Waals surface area contributed by atoms with Gasteiger partial charge in [-0.25, -0.2) is 0 Å². The van der Waals surface area contributed by atoms with Crippen LogP contribution in [0.5, 0.6) is 0 Å². The molecule has 0 bridgehead atoms. The molecule has 0 heterocycles. The van der Waals surface area contributed by atoms with Crippen LogP contribution in [-0.2, 0) is 4.84 Å². The van der Waals surface area contributed by atoms with Crippen molar-refractivity contribution in [3.8, 4) is 0 Å². The Bertz CT molecular complexity index is 161. The lowest BCUT2D eigenvalue weighted by atomic mass is 9.98. The Labute approximate surface area is 68.7 Å². The van der Waals surface area contributed by atoms with Gasteiger partial charge in [-0.1, -0.05) is 20.4 Å². The van der Waals surface area contributed by atoms with Crippen molar-refractivity contribution < 1.29 is 4.84 Å². The first kappa shape index (κ1) is 10.2. The zero-order valence-electron chi connectivity index (χ0n) is 7.55. The van der Waals surface area contributed by atoms with Crippen LogP contribution in [0.2, 0.25) is 0 Å². The molecular weight excluding hydrogens is 138 g/mol. The van der Waals surface area contributed by atoms with E-state index in [-0.39, 0.29) is 0 Å². The molecule has 2 N–H and O–H groups in total. The van der Waals surface area contributed by atoms with Crippen LogP contribution in [0.4, 0.5) is 0 Å². The first-order valence-electron chi connectivity index (χ1n) is 3.89. The molecule has 0 fully saturated rings. The summed E-state index contributed by atoms with van der Waals surface area (Å²) in [7, 11) is 0. The summed E-state index contributed by atoms with van der Waals surface area (Å²) >= 11 is 0. The van der Waals surface area contributed by atoms with Crippen LogP contribution < -0.4 is 5.90 Å². The highest BCUT2D eigenvalue weighted by Gasteiger charge is 2.08. The van der Waals surface area contributed by atoms with Gasteiger partial charge in [0.2, 0.25) is 0 Å². The van der Waals surface area contributed by atoms with Crippen molar-refractivity contribution in [3.63, 3.8) is 0 Å². The molecule has 0 spiro atoms. The summed E-state index contributed by atoms with van der Waals surface area (Å²) < 4.78 is 0. The smallest absolute Gasteiger partial charge is 0.145 e. The van der Waals surface area contributed by atoms with Crippen molar-refractivity contribution >= 4 is 0 Å². The van der Waals surface area contributed by atoms with Crippen molar-refractivity contribution in [1.82, 2.24) is 0 Å². The van der Waals surface area contributed by atoms with E-state index in [0.717, 1.165) is 12.0 Å². The second-order valence-corrected chi connectivity index (χ2v) is 2.61. The number of rotatable bonds is 4. The summed E-state index contributed by atoms with van der Waals surface area (Å²) in [5.74, 6) is 6.18. The van der Waals surface area contributed by atoms with Crippen LogP contribution in [0, 0.1) is 5.92 Å². The lowest BCUT2D eigenvalue weighted by Gasteiger charge is -2.13. The van der Waals surface area contributed by atoms with E-state index in [4.69, 9.17) is 5.90 Å². The molecular formula is C9H17NO. The van der Waals surface area contributed by atoms with Crippen LogP contribution in [0.15, 0.2) is 24.0 Å². The third-order valence-electron chi connectivity index (χ3n) is 1.91. The van der Waals surface area contributed by atoms with E-state index in [9.17, 15) is 0 Å². The van der Waals surface area contributed by atoms with E-state index < -0.39 is 0 Å². The predicted octanol–water partition coefficient (Wildman–Crippen LogP) is 2.38. The van der Waals surface area contributed by atoms with Crippen molar-refractivity contribution in [2.75, 3.05) is 0 Å². The predicted molar refractivity (Wildman–Crippen MR) is 47.6 cm³/mol. The van der Waals surface area contributed by atoms with E-state index in [0.29, 0.717) is 11.7 Å². The minimum absolute atomic E-state index is 0.435. The maximum Gasteiger partial charge on any atom is 0.145 e. The molecule has 0 rings (SSSR count). The van der Waals surface area contributed by atoms with Crippen LogP contribution in [0.1, 0.15) is 27.2 Å². The molecule has 0 saturated carbocycles. The zero-order chi connectivity index (χ0) is 8.85. The quantitative estimate of drug-likeness (QED) is 0.384. The molecule has 2 nitrogen and oxygen atoms in total. The van der Waals surface area contributed by atoms with Crippen LogP contribution in [0.3, 0.4) is 0 Å². The highest BCUT2D eigenvalue weighted by molar-refractivity contribution is 5.23. The summed E-state index contributed by atoms with van der Waals surface area (Å²) in [6, 6.07) is 0. The summed E-state index contributed by atoms with van der Waals surface area (Å²) in [6.07, 6.45) is 2.88. The van der Waals surface area contributed by atoms with Gasteiger partial charge in [0.1, 0.15) is 5.76 Å². The van der Waals surface area contributed by atoms with Crippen molar-refractivity contribution in [1.29, 1.82) is 0 Å². The zero-order valence-corrected chi connectivity index (χ0v) is 7.55. The second kappa shape index (κ2) is 4.97. The Morgan fingerprint density at radius 3 is 2.55 bits per heavy atom. The fraction of sp³-hybridized carbons (Fsp3) is 0.556. The lowest BCUT2D eigenvalue weighted by Crippen LogP contribution is -2.06. The Balaban J connectivity index is 4.22. The fourth-order valence-corrected chi connectivity index (χ4v) is 0.818. The van der Waals surface area contributed by atoms with Gasteiger partial charge in [-0.2, -0.15) is 5.90 Å². The van der Waals surface area contributed by atoms with Gasteiger partial charge in [0, 0.05) is 0 Å². The van der Waals surface area contributed by atoms with Gasteiger partial charge < -0.3 is 4.84 Å². The highest BCUT2D eigenvalue weighted by Crippen LogP contribution is 2.19. The first-order valence-corrected chi connectivity index (χ1v) is 3.89. The monoisotopic (exact) mass is 155 g/mol. The SMILES string of the molecule is C=C(/C(=C/C)ON)C(C)CC. The lowest BCUT2D eigenvalue weighted by molar-refractivity contribution is 0.223. The molecule has 11 heavy (non-hydrogen) atoms. The van der Waals surface area contributed by atoms with Crippen molar-refractivity contribution in [2.45, 2.75) is 27.2 Å². The maximum atomic E-state index is 5.05. The van der Waals surface area contributed by atoms with Gasteiger partial charge in [0.25, 0.3) is 0 Å². The van der Waals surface area contributed by atoms with E-state index in [1.807, 2.05) is 13.0 Å². The van der Waals surface area contributed by atoms with Gasteiger partial charge in [0.15, 0.2) is 0 Å². The Morgan fingerprint density at radius 2 is 2.27 bits per heavy atom. The molecule has 1 atom stereocenters. The van der Waals surface area contributed by atoms with E-state index >= 15 is 0 Å². The molecule has 0 aromatic heterocycles. The molecule has 0 aromatic rings. The standard InChI is InChI=1S/C9H17NO/c1-5-7(3)8(4)9(6-2)11-10/h6-7H,4-5,10H2,1-3H3/b9-6-. The highest BCUT2D eigenvalue weighted by atomic mass is 16.6. The molecule has 0 amide bonds. The summed E-state index contributed by atoms with van der Waals surface area (Å²) in [6.45, 7) is 9.99. The van der Waals surface area contributed by atoms with Gasteiger partial charge in [-0.05, 0) is 30.9 Å². The third-order valence-corrected chi connectivity index (χ3v) is 1.91. The largest absolute Gasteiger partial charge is 0.412 e. The molecule has 1 unspecified atom stereocenters. The Morgan fingerprint density at radius 1 is 1.73 bits per heavy atom. The first-order chi connectivity index (χ1) is 5.17. The van der Waals surface area contributed by atoms with Gasteiger partial charge in [-0.3, -0.25) is 0 Å². The maximum absolute atomic E-state index is 5.05. The van der Waals surface area contributed by atoms with Gasteiger partial charge in [-0.15, -0.1) is 0 Å². The van der Waals surface area contributed by atoms with Crippen LogP contribution >= 0.6 is 0 Å². The van der Waals surface area contributed by atoms with Crippen LogP contribution in [-0.4, -0.2) is 0 Å². The van der Waals surface area contributed by atoms with Crippen LogP contribution in [0.25, 0.3) is 0 Å². The number of allylic oxidation sites excluding steroid dienone is 2. The normalized spacial score (nSPS) is 14.4. The number of hydrogen-bond acceptors (Lipinski definition) is 2. The topological polar surface area (TPSA) is 35.2 Å². The molecule has 0 aliphatic heterocycles.